The van der Waals surface area contributed by atoms with E-state index in [1.165, 1.54) is 9.80 Å². The summed E-state index contributed by atoms with van der Waals surface area (Å²) in [6, 6.07) is 13.5. The first kappa shape index (κ1) is 25.4. The number of rotatable bonds is 7. The number of amides is 3. The van der Waals surface area contributed by atoms with E-state index in [0.29, 0.717) is 18.7 Å². The Bertz CT molecular complexity index is 1330. The number of aliphatic hydroxyl groups excluding tert-OH is 1. The Morgan fingerprint density at radius 2 is 1.97 bits per heavy atom. The molecule has 0 bridgehead atoms. The summed E-state index contributed by atoms with van der Waals surface area (Å²) in [7, 11) is 0. The minimum absolute atomic E-state index is 0.0407. The van der Waals surface area contributed by atoms with Crippen molar-refractivity contribution < 1.29 is 19.5 Å². The van der Waals surface area contributed by atoms with Gasteiger partial charge < -0.3 is 20.2 Å². The van der Waals surface area contributed by atoms with Crippen LogP contribution in [0.3, 0.4) is 0 Å². The summed E-state index contributed by atoms with van der Waals surface area (Å²) in [6.45, 7) is 2.63. The number of nitrogens with one attached hydrogen (secondary N) is 1. The molecule has 10 heteroatoms. The third-order valence-corrected chi connectivity index (χ3v) is 8.30. The standard InChI is InChI=1S/C27H28N4O4S2/c1-16-24(37-15-29-16)18-8-6-17(7-9-18)11-28-25(33)22-10-20(32)13-31(22)27(35)23(14-36)30-12-19-4-2-3-5-21(19)26(30)34/h2-9,15,20,22-23,32,36H,10-14H2,1H3,(H,28,33)/t20-,22+,23+/m1/s1. The van der Waals surface area contributed by atoms with Crippen LogP contribution < -0.4 is 5.32 Å². The Kier molecular flexibility index (Phi) is 7.32. The highest BCUT2D eigenvalue weighted by atomic mass is 32.1. The lowest BCUT2D eigenvalue weighted by Crippen LogP contribution is -2.54. The highest BCUT2D eigenvalue weighted by molar-refractivity contribution is 7.80. The van der Waals surface area contributed by atoms with Crippen LogP contribution in [0, 0.1) is 6.92 Å². The van der Waals surface area contributed by atoms with Gasteiger partial charge in [0.1, 0.15) is 12.1 Å². The molecule has 2 aliphatic heterocycles. The number of aromatic nitrogens is 1. The molecule has 192 valence electrons. The molecule has 0 radical (unpaired) electrons. The third kappa shape index (κ3) is 5.01. The van der Waals surface area contributed by atoms with Crippen LogP contribution in [0.2, 0.25) is 0 Å². The van der Waals surface area contributed by atoms with Crippen LogP contribution in [0.15, 0.2) is 54.0 Å². The van der Waals surface area contributed by atoms with E-state index in [-0.39, 0.29) is 36.4 Å². The SMILES string of the molecule is Cc1ncsc1-c1ccc(CNC(=O)[C@@H]2C[C@@H](O)CN2C(=O)[C@H](CS)N2Cc3ccccc3C2=O)cc1. The summed E-state index contributed by atoms with van der Waals surface area (Å²) < 4.78 is 0. The normalized spacial score (nSPS) is 19.7. The molecule has 0 saturated carbocycles. The molecule has 2 aromatic carbocycles. The molecule has 1 saturated heterocycles. The number of carbonyl (C=O) groups excluding carboxylic acids is 3. The van der Waals surface area contributed by atoms with Crippen LogP contribution in [0.4, 0.5) is 0 Å². The number of hydrogen-bond donors (Lipinski definition) is 3. The molecule has 0 unspecified atom stereocenters. The van der Waals surface area contributed by atoms with E-state index in [0.717, 1.165) is 27.3 Å². The lowest BCUT2D eigenvalue weighted by Gasteiger charge is -2.32. The molecule has 1 fully saturated rings. The smallest absolute Gasteiger partial charge is 0.255 e. The van der Waals surface area contributed by atoms with Gasteiger partial charge in [-0.05, 0) is 29.7 Å². The molecule has 3 amide bonds. The zero-order valence-electron chi connectivity index (χ0n) is 20.3. The van der Waals surface area contributed by atoms with Crippen LogP contribution >= 0.6 is 24.0 Å². The lowest BCUT2D eigenvalue weighted by atomic mass is 10.1. The summed E-state index contributed by atoms with van der Waals surface area (Å²) in [5.41, 5.74) is 6.23. The van der Waals surface area contributed by atoms with Crippen molar-refractivity contribution in [2.24, 2.45) is 0 Å². The van der Waals surface area contributed by atoms with Gasteiger partial charge in [-0.15, -0.1) is 11.3 Å². The predicted molar refractivity (Wildman–Crippen MR) is 144 cm³/mol. The molecular weight excluding hydrogens is 508 g/mol. The van der Waals surface area contributed by atoms with E-state index in [1.807, 2.05) is 48.8 Å². The number of hydrogen-bond acceptors (Lipinski definition) is 7. The van der Waals surface area contributed by atoms with Gasteiger partial charge in [-0.2, -0.15) is 12.6 Å². The van der Waals surface area contributed by atoms with E-state index < -0.39 is 18.2 Å². The Labute approximate surface area is 224 Å². The largest absolute Gasteiger partial charge is 0.391 e. The molecule has 2 aliphatic rings. The fourth-order valence-corrected chi connectivity index (χ4v) is 6.16. The van der Waals surface area contributed by atoms with E-state index in [9.17, 15) is 19.5 Å². The lowest BCUT2D eigenvalue weighted by molar-refractivity contribution is -0.141. The summed E-state index contributed by atoms with van der Waals surface area (Å²) in [6.07, 6.45) is -0.664. The number of likely N-dealkylation sites (tertiary alicyclic amines) is 1. The Balaban J connectivity index is 1.25. The Morgan fingerprint density at radius 1 is 1.22 bits per heavy atom. The van der Waals surface area contributed by atoms with Crippen molar-refractivity contribution in [2.45, 2.75) is 44.6 Å². The molecule has 5 rings (SSSR count). The van der Waals surface area contributed by atoms with Crippen LogP contribution in [0.25, 0.3) is 10.4 Å². The number of thiol groups is 1. The van der Waals surface area contributed by atoms with Crippen molar-refractivity contribution in [1.82, 2.24) is 20.1 Å². The maximum Gasteiger partial charge on any atom is 0.255 e. The first-order valence-corrected chi connectivity index (χ1v) is 13.6. The number of fused-ring (bicyclic) bond motifs is 1. The van der Waals surface area contributed by atoms with Crippen molar-refractivity contribution >= 4 is 41.7 Å². The van der Waals surface area contributed by atoms with Crippen LogP contribution in [-0.2, 0) is 22.7 Å². The van der Waals surface area contributed by atoms with E-state index >= 15 is 0 Å². The number of β-amino-alcohol motifs (C(OH)–C–C–N with tert-alkyl or cyclic N) is 1. The van der Waals surface area contributed by atoms with Gasteiger partial charge in [0, 0.05) is 37.4 Å². The van der Waals surface area contributed by atoms with Crippen molar-refractivity contribution in [3.8, 4) is 10.4 Å². The first-order chi connectivity index (χ1) is 17.9. The molecular formula is C27H28N4O4S2. The maximum atomic E-state index is 13.6. The monoisotopic (exact) mass is 536 g/mol. The fourth-order valence-electron chi connectivity index (χ4n) is 5.00. The van der Waals surface area contributed by atoms with Gasteiger partial charge >= 0.3 is 0 Å². The van der Waals surface area contributed by atoms with Gasteiger partial charge in [0.15, 0.2) is 0 Å². The zero-order chi connectivity index (χ0) is 26.1. The minimum Gasteiger partial charge on any atom is -0.391 e. The number of aliphatic hydroxyl groups is 1. The van der Waals surface area contributed by atoms with Gasteiger partial charge in [-0.25, -0.2) is 4.98 Å². The molecule has 3 aromatic rings. The molecule has 2 N–H and O–H groups in total. The third-order valence-electron chi connectivity index (χ3n) is 6.98. The number of carbonyl (C=O) groups is 3. The molecule has 0 spiro atoms. The van der Waals surface area contributed by atoms with Crippen molar-refractivity contribution in [1.29, 1.82) is 0 Å². The summed E-state index contributed by atoms with van der Waals surface area (Å²) >= 11 is 5.95. The predicted octanol–water partition coefficient (Wildman–Crippen LogP) is 2.65. The molecule has 1 aromatic heterocycles. The molecule has 3 heterocycles. The summed E-state index contributed by atoms with van der Waals surface area (Å²) in [4.78, 5) is 48.0. The second-order valence-corrected chi connectivity index (χ2v) is 10.6. The second kappa shape index (κ2) is 10.6. The van der Waals surface area contributed by atoms with Crippen LogP contribution in [0.1, 0.15) is 33.6 Å². The van der Waals surface area contributed by atoms with Gasteiger partial charge in [0.2, 0.25) is 11.8 Å². The van der Waals surface area contributed by atoms with Crippen molar-refractivity contribution in [3.05, 3.63) is 76.4 Å². The van der Waals surface area contributed by atoms with Crippen molar-refractivity contribution in [2.75, 3.05) is 12.3 Å². The molecule has 0 aliphatic carbocycles. The minimum atomic E-state index is -0.827. The summed E-state index contributed by atoms with van der Waals surface area (Å²) in [5, 5.41) is 13.2. The van der Waals surface area contributed by atoms with Crippen LogP contribution in [-0.4, -0.2) is 68.1 Å². The highest BCUT2D eigenvalue weighted by Gasteiger charge is 2.44. The average molecular weight is 537 g/mol. The van der Waals surface area contributed by atoms with Crippen LogP contribution in [0.5, 0.6) is 0 Å². The maximum absolute atomic E-state index is 13.6. The first-order valence-electron chi connectivity index (χ1n) is 12.1. The van der Waals surface area contributed by atoms with Gasteiger partial charge in [0.25, 0.3) is 5.91 Å². The van der Waals surface area contributed by atoms with Gasteiger partial charge in [-0.3, -0.25) is 14.4 Å². The van der Waals surface area contributed by atoms with Crippen molar-refractivity contribution in [3.63, 3.8) is 0 Å². The highest BCUT2D eigenvalue weighted by Crippen LogP contribution is 2.29. The Morgan fingerprint density at radius 3 is 2.65 bits per heavy atom. The molecule has 3 atom stereocenters. The quantitative estimate of drug-likeness (QED) is 0.403. The topological polar surface area (TPSA) is 103 Å². The van der Waals surface area contributed by atoms with Gasteiger partial charge in [-0.1, -0.05) is 42.5 Å². The van der Waals surface area contributed by atoms with E-state index in [2.05, 4.69) is 22.9 Å². The van der Waals surface area contributed by atoms with Gasteiger partial charge in [0.05, 0.1) is 22.2 Å². The van der Waals surface area contributed by atoms with E-state index in [1.54, 1.807) is 23.5 Å². The van der Waals surface area contributed by atoms with E-state index in [4.69, 9.17) is 0 Å². The molecule has 8 nitrogen and oxygen atoms in total. The molecule has 37 heavy (non-hydrogen) atoms. The number of nitrogens with zero attached hydrogens (tertiary/aromatic N) is 3. The second-order valence-electron chi connectivity index (χ2n) is 9.37. The average Bonchev–Trinajstić information content (AvgIpc) is 3.60. The number of thiazole rings is 1. The Hall–Kier alpha value is -3.21. The fraction of sp³-hybridized carbons (Fsp3) is 0.333. The number of aryl methyl sites for hydroxylation is 1. The zero-order valence-corrected chi connectivity index (χ0v) is 22.0. The summed E-state index contributed by atoms with van der Waals surface area (Å²) in [5.74, 6) is -0.815. The number of benzene rings is 2.